The van der Waals surface area contributed by atoms with E-state index in [1.54, 1.807) is 0 Å². The molecule has 0 aromatic carbocycles. The normalized spacial score (nSPS) is 17.2. The Morgan fingerprint density at radius 1 is 1.17 bits per heavy atom. The Bertz CT molecular complexity index is 228. The van der Waals surface area contributed by atoms with Crippen molar-refractivity contribution in [1.82, 2.24) is 9.80 Å². The highest BCUT2D eigenvalue weighted by Gasteiger charge is 2.12. The Labute approximate surface area is 111 Å². The second-order valence-corrected chi connectivity index (χ2v) is 5.24. The minimum Gasteiger partial charge on any atom is -0.481 e. The van der Waals surface area contributed by atoms with E-state index in [4.69, 9.17) is 5.11 Å². The van der Waals surface area contributed by atoms with Crippen LogP contribution in [0.5, 0.6) is 0 Å². The second kappa shape index (κ2) is 9.34. The van der Waals surface area contributed by atoms with Crippen LogP contribution in [0.15, 0.2) is 0 Å². The molecule has 1 N–H and O–H groups in total. The third kappa shape index (κ3) is 6.97. The van der Waals surface area contributed by atoms with Crippen molar-refractivity contribution in [3.05, 3.63) is 0 Å². The predicted octanol–water partition coefficient (Wildman–Crippen LogP) is 2.05. The van der Waals surface area contributed by atoms with Crippen LogP contribution in [0.3, 0.4) is 0 Å². The molecule has 106 valence electrons. The van der Waals surface area contributed by atoms with Gasteiger partial charge in [-0.25, -0.2) is 0 Å². The van der Waals surface area contributed by atoms with Gasteiger partial charge in [-0.05, 0) is 38.9 Å². The summed E-state index contributed by atoms with van der Waals surface area (Å²) in [5, 5.41) is 8.77. The van der Waals surface area contributed by atoms with E-state index in [0.717, 1.165) is 19.6 Å². The number of rotatable bonds is 9. The van der Waals surface area contributed by atoms with Crippen LogP contribution in [0.2, 0.25) is 0 Å². The van der Waals surface area contributed by atoms with Crippen LogP contribution in [0.4, 0.5) is 0 Å². The minimum atomic E-state index is -0.686. The van der Waals surface area contributed by atoms with Gasteiger partial charge in [0.25, 0.3) is 0 Å². The molecule has 0 atom stereocenters. The first kappa shape index (κ1) is 15.4. The predicted molar refractivity (Wildman–Crippen MR) is 73.9 cm³/mol. The fraction of sp³-hybridized carbons (Fsp3) is 0.929. The van der Waals surface area contributed by atoms with Gasteiger partial charge in [0.15, 0.2) is 0 Å². The van der Waals surface area contributed by atoms with Crippen LogP contribution in [-0.4, -0.2) is 60.1 Å². The molecule has 0 spiro atoms. The van der Waals surface area contributed by atoms with E-state index in [1.165, 1.54) is 45.2 Å². The zero-order valence-corrected chi connectivity index (χ0v) is 11.7. The summed E-state index contributed by atoms with van der Waals surface area (Å²) in [4.78, 5) is 15.5. The molecule has 1 fully saturated rings. The molecule has 18 heavy (non-hydrogen) atoms. The van der Waals surface area contributed by atoms with Gasteiger partial charge in [0.2, 0.25) is 0 Å². The lowest BCUT2D eigenvalue weighted by Crippen LogP contribution is -2.39. The molecule has 4 heteroatoms. The van der Waals surface area contributed by atoms with E-state index < -0.39 is 5.97 Å². The van der Waals surface area contributed by atoms with Crippen LogP contribution in [0, 0.1) is 0 Å². The number of unbranched alkanes of at least 4 members (excludes halogenated alkanes) is 1. The van der Waals surface area contributed by atoms with Gasteiger partial charge in [-0.3, -0.25) is 4.79 Å². The first-order chi connectivity index (χ1) is 8.72. The van der Waals surface area contributed by atoms with E-state index in [1.807, 2.05) is 0 Å². The number of carboxylic acids is 1. The van der Waals surface area contributed by atoms with Crippen LogP contribution in [0.25, 0.3) is 0 Å². The average Bonchev–Trinajstić information content (AvgIpc) is 2.39. The molecule has 0 radical (unpaired) electrons. The first-order valence-corrected chi connectivity index (χ1v) is 7.39. The highest BCUT2D eigenvalue weighted by molar-refractivity contribution is 5.66. The van der Waals surface area contributed by atoms with Crippen molar-refractivity contribution in [2.24, 2.45) is 0 Å². The van der Waals surface area contributed by atoms with E-state index in [2.05, 4.69) is 16.7 Å². The summed E-state index contributed by atoms with van der Waals surface area (Å²) in [6.07, 6.45) is 6.62. The molecule has 0 aliphatic carbocycles. The van der Waals surface area contributed by atoms with Crippen molar-refractivity contribution in [1.29, 1.82) is 0 Å². The lowest BCUT2D eigenvalue weighted by Gasteiger charge is -2.29. The molecule has 1 aliphatic heterocycles. The molecule has 0 unspecified atom stereocenters. The lowest BCUT2D eigenvalue weighted by molar-refractivity contribution is -0.137. The molecule has 1 aliphatic rings. The van der Waals surface area contributed by atoms with Crippen LogP contribution in [-0.2, 0) is 4.79 Å². The summed E-state index contributed by atoms with van der Waals surface area (Å²) in [5.74, 6) is -0.686. The number of carbonyl (C=O) groups is 1. The van der Waals surface area contributed by atoms with Crippen molar-refractivity contribution < 1.29 is 9.90 Å². The van der Waals surface area contributed by atoms with Crippen molar-refractivity contribution in [3.8, 4) is 0 Å². The second-order valence-electron chi connectivity index (χ2n) is 5.24. The maximum Gasteiger partial charge on any atom is 0.304 e. The third-order valence-electron chi connectivity index (χ3n) is 3.65. The molecular formula is C14H28N2O2. The largest absolute Gasteiger partial charge is 0.481 e. The lowest BCUT2D eigenvalue weighted by atomic mass is 10.1. The molecule has 0 bridgehead atoms. The topological polar surface area (TPSA) is 43.8 Å². The average molecular weight is 256 g/mol. The summed E-state index contributed by atoms with van der Waals surface area (Å²) < 4.78 is 0. The number of likely N-dealkylation sites (tertiary alicyclic amines) is 1. The molecule has 0 aromatic rings. The van der Waals surface area contributed by atoms with Gasteiger partial charge in [-0.2, -0.15) is 0 Å². The van der Waals surface area contributed by atoms with Gasteiger partial charge >= 0.3 is 5.97 Å². The Balaban J connectivity index is 2.22. The maximum atomic E-state index is 10.6. The molecule has 1 heterocycles. The van der Waals surface area contributed by atoms with Gasteiger partial charge < -0.3 is 14.9 Å². The number of hydrogen-bond acceptors (Lipinski definition) is 3. The van der Waals surface area contributed by atoms with E-state index in [9.17, 15) is 4.79 Å². The Kier molecular flexibility index (Phi) is 8.01. The molecule has 4 nitrogen and oxygen atoms in total. The zero-order chi connectivity index (χ0) is 13.2. The van der Waals surface area contributed by atoms with Crippen molar-refractivity contribution in [2.75, 3.05) is 39.3 Å². The van der Waals surface area contributed by atoms with E-state index in [-0.39, 0.29) is 6.42 Å². The number of aliphatic carboxylic acids is 1. The number of hydrogen-bond donors (Lipinski definition) is 1. The quantitative estimate of drug-likeness (QED) is 0.686. The van der Waals surface area contributed by atoms with Crippen molar-refractivity contribution in [2.45, 2.75) is 45.4 Å². The zero-order valence-electron chi connectivity index (χ0n) is 11.7. The van der Waals surface area contributed by atoms with E-state index in [0.29, 0.717) is 6.54 Å². The molecule has 0 saturated carbocycles. The SMILES string of the molecule is CCCCN(CCC(=O)O)CCN1CCCCC1. The molecule has 1 rings (SSSR count). The highest BCUT2D eigenvalue weighted by Crippen LogP contribution is 2.08. The number of piperidine rings is 1. The summed E-state index contributed by atoms with van der Waals surface area (Å²) in [7, 11) is 0. The molecule has 0 aromatic heterocycles. The maximum absolute atomic E-state index is 10.6. The monoisotopic (exact) mass is 256 g/mol. The summed E-state index contributed by atoms with van der Waals surface area (Å²) >= 11 is 0. The highest BCUT2D eigenvalue weighted by atomic mass is 16.4. The number of nitrogens with zero attached hydrogens (tertiary/aromatic N) is 2. The van der Waals surface area contributed by atoms with Gasteiger partial charge in [-0.15, -0.1) is 0 Å². The molecule has 0 amide bonds. The van der Waals surface area contributed by atoms with Gasteiger partial charge in [-0.1, -0.05) is 19.8 Å². The summed E-state index contributed by atoms with van der Waals surface area (Å²) in [6, 6.07) is 0. The smallest absolute Gasteiger partial charge is 0.304 e. The fourth-order valence-corrected chi connectivity index (χ4v) is 2.44. The summed E-state index contributed by atoms with van der Waals surface area (Å²) in [5.41, 5.74) is 0. The summed E-state index contributed by atoms with van der Waals surface area (Å²) in [6.45, 7) is 8.48. The Morgan fingerprint density at radius 2 is 1.89 bits per heavy atom. The van der Waals surface area contributed by atoms with Crippen LogP contribution in [0.1, 0.15) is 45.4 Å². The number of carboxylic acid groups (broad SMARTS) is 1. The van der Waals surface area contributed by atoms with Crippen LogP contribution >= 0.6 is 0 Å². The van der Waals surface area contributed by atoms with Gasteiger partial charge in [0.1, 0.15) is 0 Å². The standard InChI is InChI=1S/C14H28N2O2/c1-2-3-8-16(11-7-14(17)18)13-12-15-9-5-4-6-10-15/h2-13H2,1H3,(H,17,18). The van der Waals surface area contributed by atoms with Crippen LogP contribution < -0.4 is 0 Å². The van der Waals surface area contributed by atoms with Crippen molar-refractivity contribution >= 4 is 5.97 Å². The molecule has 1 saturated heterocycles. The fourth-order valence-electron chi connectivity index (χ4n) is 2.44. The van der Waals surface area contributed by atoms with E-state index >= 15 is 0 Å². The van der Waals surface area contributed by atoms with Gasteiger partial charge in [0, 0.05) is 19.6 Å². The first-order valence-electron chi connectivity index (χ1n) is 7.39. The van der Waals surface area contributed by atoms with Gasteiger partial charge in [0.05, 0.1) is 6.42 Å². The molecular weight excluding hydrogens is 228 g/mol. The Hall–Kier alpha value is -0.610. The van der Waals surface area contributed by atoms with Crippen molar-refractivity contribution in [3.63, 3.8) is 0 Å². The Morgan fingerprint density at radius 3 is 2.50 bits per heavy atom. The minimum absolute atomic E-state index is 0.268. The third-order valence-corrected chi connectivity index (χ3v) is 3.65.